The fourth-order valence-corrected chi connectivity index (χ4v) is 1.30. The van der Waals surface area contributed by atoms with Gasteiger partial charge in [-0.2, -0.15) is 0 Å². The van der Waals surface area contributed by atoms with Crippen molar-refractivity contribution in [2.24, 2.45) is 0 Å². The largest absolute Gasteiger partial charge is 0.466 e. The van der Waals surface area contributed by atoms with Crippen LogP contribution in [0, 0.1) is 0 Å². The van der Waals surface area contributed by atoms with Crippen molar-refractivity contribution in [1.82, 2.24) is 0 Å². The maximum absolute atomic E-state index is 8.88. The van der Waals surface area contributed by atoms with Crippen LogP contribution >= 0.6 is 14.5 Å². The van der Waals surface area contributed by atoms with E-state index >= 15 is 0 Å². The standard InChI is InChI=1S/C6H15O3PS.H3O4P/c1-2-3-4-5-6-9-10(7,8)11;1-5(2,3)4/h2-6H2,1H3,(H2,7,8,11);(H3,1,2,3,4). The van der Waals surface area contributed by atoms with Gasteiger partial charge in [0.1, 0.15) is 0 Å². The number of hydrogen-bond donors (Lipinski definition) is 5. The molecule has 0 heterocycles. The minimum absolute atomic E-state index is 0.365. The smallest absolute Gasteiger partial charge is 0.325 e. The van der Waals surface area contributed by atoms with Gasteiger partial charge in [0.05, 0.1) is 6.61 Å². The van der Waals surface area contributed by atoms with Crippen molar-refractivity contribution >= 4 is 26.3 Å². The molecule has 0 fully saturated rings. The molecule has 0 saturated heterocycles. The summed E-state index contributed by atoms with van der Waals surface area (Å²) in [5.41, 5.74) is 0. The van der Waals surface area contributed by atoms with Crippen molar-refractivity contribution in [3.05, 3.63) is 0 Å². The molecule has 10 heteroatoms. The Bertz CT molecular complexity index is 239. The Morgan fingerprint density at radius 2 is 1.50 bits per heavy atom. The molecule has 0 aromatic heterocycles. The second-order valence-electron chi connectivity index (χ2n) is 2.90. The van der Waals surface area contributed by atoms with Gasteiger partial charge >= 0.3 is 14.5 Å². The Hall–Kier alpha value is 0.640. The van der Waals surface area contributed by atoms with Gasteiger partial charge in [-0.25, -0.2) is 4.57 Å². The van der Waals surface area contributed by atoms with E-state index in [2.05, 4.69) is 23.3 Å². The molecule has 0 atom stereocenters. The zero-order chi connectivity index (χ0) is 13.2. The van der Waals surface area contributed by atoms with E-state index in [-0.39, 0.29) is 0 Å². The summed E-state index contributed by atoms with van der Waals surface area (Å²) >= 11 is 4.26. The van der Waals surface area contributed by atoms with E-state index in [0.717, 1.165) is 25.7 Å². The summed E-state index contributed by atoms with van der Waals surface area (Å²) < 4.78 is 13.5. The Labute approximate surface area is 99.6 Å². The van der Waals surface area contributed by atoms with Crippen LogP contribution in [0.3, 0.4) is 0 Å². The van der Waals surface area contributed by atoms with Crippen LogP contribution in [0.1, 0.15) is 32.6 Å². The summed E-state index contributed by atoms with van der Waals surface area (Å²) in [4.78, 5) is 38.8. The molecule has 0 unspecified atom stereocenters. The molecule has 0 aliphatic carbocycles. The zero-order valence-electron chi connectivity index (χ0n) is 8.89. The highest BCUT2D eigenvalue weighted by Gasteiger charge is 2.05. The molecular formula is C6H18O7P2S. The topological polar surface area (TPSA) is 127 Å². The molecule has 0 rings (SSSR count). The summed E-state index contributed by atoms with van der Waals surface area (Å²) in [7, 11) is -4.64. The lowest BCUT2D eigenvalue weighted by Crippen LogP contribution is -1.91. The summed E-state index contributed by atoms with van der Waals surface area (Å²) in [6, 6.07) is 0. The molecule has 0 aromatic carbocycles. The molecule has 0 aliphatic rings. The van der Waals surface area contributed by atoms with E-state index in [9.17, 15) is 0 Å². The van der Waals surface area contributed by atoms with Gasteiger partial charge in [0.15, 0.2) is 0 Å². The minimum atomic E-state index is -4.64. The van der Waals surface area contributed by atoms with Gasteiger partial charge in [-0.1, -0.05) is 26.2 Å². The van der Waals surface area contributed by atoms with Gasteiger partial charge in [-0.15, -0.1) is 0 Å². The van der Waals surface area contributed by atoms with Crippen LogP contribution in [0.5, 0.6) is 0 Å². The molecule has 0 radical (unpaired) electrons. The van der Waals surface area contributed by atoms with E-state index < -0.39 is 14.5 Å². The average Bonchev–Trinajstić information content (AvgIpc) is 1.98. The number of hydrogen-bond acceptors (Lipinski definition) is 3. The Morgan fingerprint density at radius 3 is 1.81 bits per heavy atom. The Morgan fingerprint density at radius 1 is 1.06 bits per heavy atom. The van der Waals surface area contributed by atoms with Crippen molar-refractivity contribution in [3.8, 4) is 0 Å². The molecule has 0 aromatic rings. The maximum Gasteiger partial charge on any atom is 0.466 e. The second-order valence-corrected chi connectivity index (χ2v) is 6.59. The van der Waals surface area contributed by atoms with Gasteiger partial charge in [-0.05, 0) is 18.2 Å². The van der Waals surface area contributed by atoms with E-state index in [0.29, 0.717) is 6.61 Å². The van der Waals surface area contributed by atoms with E-state index in [4.69, 9.17) is 29.0 Å². The normalized spacial score (nSPS) is 11.9. The van der Waals surface area contributed by atoms with Gasteiger partial charge in [0.25, 0.3) is 0 Å². The van der Waals surface area contributed by atoms with Crippen LogP contribution in [0.25, 0.3) is 0 Å². The molecule has 100 valence electrons. The van der Waals surface area contributed by atoms with E-state index in [1.807, 2.05) is 0 Å². The molecule has 0 bridgehead atoms. The first-order valence-electron chi connectivity index (χ1n) is 4.54. The van der Waals surface area contributed by atoms with Crippen molar-refractivity contribution in [3.63, 3.8) is 0 Å². The Kier molecular flexibility index (Phi) is 11.5. The first-order valence-corrected chi connectivity index (χ1v) is 8.73. The molecule has 0 aliphatic heterocycles. The van der Waals surface area contributed by atoms with Gasteiger partial charge < -0.3 is 29.0 Å². The highest BCUT2D eigenvalue weighted by molar-refractivity contribution is 8.06. The third-order valence-electron chi connectivity index (χ3n) is 1.26. The quantitative estimate of drug-likeness (QED) is 0.361. The predicted octanol–water partition coefficient (Wildman–Crippen LogP) is 0.864. The van der Waals surface area contributed by atoms with Crippen LogP contribution in [0.15, 0.2) is 0 Å². The summed E-state index contributed by atoms with van der Waals surface area (Å²) in [6.07, 6.45) is 4.23. The highest BCUT2D eigenvalue weighted by atomic mass is 32.5. The van der Waals surface area contributed by atoms with Crippen LogP contribution in [-0.4, -0.2) is 31.1 Å². The lowest BCUT2D eigenvalue weighted by atomic mass is 10.2. The van der Waals surface area contributed by atoms with Crippen LogP contribution in [0.2, 0.25) is 0 Å². The SMILES string of the molecule is CCCCCCOP(O)(O)=S.O=P(O)(O)O. The van der Waals surface area contributed by atoms with Gasteiger partial charge in [0, 0.05) is 0 Å². The van der Waals surface area contributed by atoms with Crippen molar-refractivity contribution in [2.45, 2.75) is 32.6 Å². The van der Waals surface area contributed by atoms with Crippen molar-refractivity contribution in [2.75, 3.05) is 6.61 Å². The predicted molar refractivity (Wildman–Crippen MR) is 63.1 cm³/mol. The molecular weight excluding hydrogens is 278 g/mol. The first-order chi connectivity index (χ1) is 7.06. The number of unbranched alkanes of at least 4 members (excludes halogenated alkanes) is 3. The van der Waals surface area contributed by atoms with Crippen molar-refractivity contribution < 1.29 is 33.6 Å². The fourth-order valence-electron chi connectivity index (χ4n) is 0.712. The van der Waals surface area contributed by atoms with E-state index in [1.54, 1.807) is 0 Å². The van der Waals surface area contributed by atoms with E-state index in [1.165, 1.54) is 0 Å². The average molecular weight is 296 g/mol. The van der Waals surface area contributed by atoms with Crippen LogP contribution in [0.4, 0.5) is 0 Å². The second kappa shape index (κ2) is 9.65. The molecule has 0 spiro atoms. The number of rotatable bonds is 6. The highest BCUT2D eigenvalue weighted by Crippen LogP contribution is 2.36. The minimum Gasteiger partial charge on any atom is -0.325 e. The van der Waals surface area contributed by atoms with Crippen LogP contribution in [-0.2, 0) is 20.9 Å². The van der Waals surface area contributed by atoms with Gasteiger partial charge in [-0.3, -0.25) is 0 Å². The summed E-state index contributed by atoms with van der Waals surface area (Å²) in [6.45, 7) is -0.901. The lowest BCUT2D eigenvalue weighted by molar-refractivity contribution is 0.245. The summed E-state index contributed by atoms with van der Waals surface area (Å²) in [5.74, 6) is 0. The molecule has 0 saturated carbocycles. The lowest BCUT2D eigenvalue weighted by Gasteiger charge is -2.07. The third kappa shape index (κ3) is 36.5. The maximum atomic E-state index is 8.88. The summed E-state index contributed by atoms with van der Waals surface area (Å²) in [5, 5.41) is 0. The third-order valence-corrected chi connectivity index (χ3v) is 2.09. The number of phosphoric acid groups is 1. The van der Waals surface area contributed by atoms with Gasteiger partial charge in [0.2, 0.25) is 0 Å². The molecule has 5 N–H and O–H groups in total. The fraction of sp³-hybridized carbons (Fsp3) is 1.00. The van der Waals surface area contributed by atoms with Crippen LogP contribution < -0.4 is 0 Å². The molecule has 7 nitrogen and oxygen atoms in total. The zero-order valence-corrected chi connectivity index (χ0v) is 11.5. The monoisotopic (exact) mass is 296 g/mol. The van der Waals surface area contributed by atoms with Crippen molar-refractivity contribution in [1.29, 1.82) is 0 Å². The molecule has 16 heavy (non-hydrogen) atoms. The Balaban J connectivity index is 0. The molecule has 0 amide bonds. The first kappa shape index (κ1) is 19.0.